The van der Waals surface area contributed by atoms with Crippen molar-refractivity contribution in [3.05, 3.63) is 65.7 Å². The first-order valence-electron chi connectivity index (χ1n) is 10.2. The van der Waals surface area contributed by atoms with Crippen molar-refractivity contribution in [2.75, 3.05) is 31.5 Å². The summed E-state index contributed by atoms with van der Waals surface area (Å²) in [6.45, 7) is 3.96. The number of likely N-dealkylation sites (tertiary alicyclic amines) is 1. The molecule has 2 aromatic rings. The number of nitrogens with zero attached hydrogens (tertiary/aromatic N) is 1. The van der Waals surface area contributed by atoms with Gasteiger partial charge in [-0.05, 0) is 55.5 Å². The van der Waals surface area contributed by atoms with Crippen LogP contribution in [0.5, 0.6) is 0 Å². The second kappa shape index (κ2) is 8.57. The molecule has 1 fully saturated rings. The van der Waals surface area contributed by atoms with Crippen LogP contribution in [0.25, 0.3) is 0 Å². The summed E-state index contributed by atoms with van der Waals surface area (Å²) >= 11 is 0. The molecule has 2 N–H and O–H groups in total. The third-order valence-electron chi connectivity index (χ3n) is 5.89. The number of fused-ring (bicyclic) bond motifs is 1. The summed E-state index contributed by atoms with van der Waals surface area (Å²) in [7, 11) is 0. The van der Waals surface area contributed by atoms with E-state index in [9.17, 15) is 4.79 Å². The largest absolute Gasteiger partial charge is 0.373 e. The summed E-state index contributed by atoms with van der Waals surface area (Å²) in [5.74, 6) is 0.907. The molecule has 0 spiro atoms. The van der Waals surface area contributed by atoms with Gasteiger partial charge in [-0.1, -0.05) is 48.5 Å². The SMILES string of the molecule is O=C(NCCN1CCC(Cc2ccccc2)CC1)[C@H]1Cc2ccccc2N1. The van der Waals surface area contributed by atoms with Gasteiger partial charge in [-0.3, -0.25) is 4.79 Å². The van der Waals surface area contributed by atoms with Crippen LogP contribution in [0.3, 0.4) is 0 Å². The predicted molar refractivity (Wildman–Crippen MR) is 110 cm³/mol. The lowest BCUT2D eigenvalue weighted by atomic mass is 9.90. The van der Waals surface area contributed by atoms with Gasteiger partial charge in [0.1, 0.15) is 6.04 Å². The number of hydrogen-bond donors (Lipinski definition) is 2. The van der Waals surface area contributed by atoms with Crippen molar-refractivity contribution >= 4 is 11.6 Å². The smallest absolute Gasteiger partial charge is 0.242 e. The second-order valence-electron chi connectivity index (χ2n) is 7.82. The molecule has 2 heterocycles. The molecule has 2 aliphatic heterocycles. The van der Waals surface area contributed by atoms with Crippen molar-refractivity contribution in [3.63, 3.8) is 0 Å². The van der Waals surface area contributed by atoms with Crippen molar-refractivity contribution in [1.29, 1.82) is 0 Å². The molecule has 0 aromatic heterocycles. The molecule has 0 aliphatic carbocycles. The fourth-order valence-electron chi connectivity index (χ4n) is 4.28. The number of piperidine rings is 1. The fraction of sp³-hybridized carbons (Fsp3) is 0.435. The minimum atomic E-state index is -0.126. The van der Waals surface area contributed by atoms with Gasteiger partial charge in [0.2, 0.25) is 5.91 Å². The lowest BCUT2D eigenvalue weighted by Gasteiger charge is -2.32. The van der Waals surface area contributed by atoms with Gasteiger partial charge < -0.3 is 15.5 Å². The summed E-state index contributed by atoms with van der Waals surface area (Å²) in [4.78, 5) is 14.9. The monoisotopic (exact) mass is 363 g/mol. The summed E-state index contributed by atoms with van der Waals surface area (Å²) < 4.78 is 0. The maximum Gasteiger partial charge on any atom is 0.242 e. The molecule has 4 rings (SSSR count). The third kappa shape index (κ3) is 4.69. The third-order valence-corrected chi connectivity index (χ3v) is 5.89. The first-order chi connectivity index (χ1) is 13.3. The topological polar surface area (TPSA) is 44.4 Å². The first-order valence-corrected chi connectivity index (χ1v) is 10.2. The minimum absolute atomic E-state index is 0.116. The van der Waals surface area contributed by atoms with Gasteiger partial charge in [-0.25, -0.2) is 0 Å². The van der Waals surface area contributed by atoms with Gasteiger partial charge in [0.05, 0.1) is 0 Å². The van der Waals surface area contributed by atoms with E-state index >= 15 is 0 Å². The van der Waals surface area contributed by atoms with E-state index in [-0.39, 0.29) is 11.9 Å². The van der Waals surface area contributed by atoms with E-state index in [1.165, 1.54) is 30.4 Å². The molecular formula is C23H29N3O. The average Bonchev–Trinajstić information content (AvgIpc) is 3.14. The molecule has 1 atom stereocenters. The van der Waals surface area contributed by atoms with E-state index in [4.69, 9.17) is 0 Å². The summed E-state index contributed by atoms with van der Waals surface area (Å²) in [5.41, 5.74) is 3.78. The van der Waals surface area contributed by atoms with E-state index in [0.717, 1.165) is 44.2 Å². The van der Waals surface area contributed by atoms with E-state index in [0.29, 0.717) is 0 Å². The van der Waals surface area contributed by atoms with Crippen LogP contribution in [-0.4, -0.2) is 43.0 Å². The van der Waals surface area contributed by atoms with Gasteiger partial charge >= 0.3 is 0 Å². The highest BCUT2D eigenvalue weighted by atomic mass is 16.2. The number of anilines is 1. The van der Waals surface area contributed by atoms with E-state index in [2.05, 4.69) is 51.9 Å². The molecule has 0 saturated carbocycles. The molecular weight excluding hydrogens is 334 g/mol. The van der Waals surface area contributed by atoms with Crippen LogP contribution in [0, 0.1) is 5.92 Å². The number of rotatable bonds is 6. The number of nitrogens with one attached hydrogen (secondary N) is 2. The minimum Gasteiger partial charge on any atom is -0.373 e. The molecule has 4 nitrogen and oxygen atoms in total. The Bertz CT molecular complexity index is 728. The Morgan fingerprint density at radius 2 is 1.78 bits per heavy atom. The van der Waals surface area contributed by atoms with Crippen molar-refractivity contribution in [2.24, 2.45) is 5.92 Å². The van der Waals surface area contributed by atoms with Crippen LogP contribution >= 0.6 is 0 Å². The van der Waals surface area contributed by atoms with Crippen LogP contribution in [0.15, 0.2) is 54.6 Å². The van der Waals surface area contributed by atoms with Crippen molar-refractivity contribution < 1.29 is 4.79 Å². The number of carbonyl (C=O) groups excluding carboxylic acids is 1. The maximum absolute atomic E-state index is 12.4. The highest BCUT2D eigenvalue weighted by molar-refractivity contribution is 5.87. The molecule has 142 valence electrons. The Hall–Kier alpha value is -2.33. The molecule has 0 bridgehead atoms. The number of hydrogen-bond acceptors (Lipinski definition) is 3. The quantitative estimate of drug-likeness (QED) is 0.829. The van der Waals surface area contributed by atoms with Crippen molar-refractivity contribution in [2.45, 2.75) is 31.7 Å². The van der Waals surface area contributed by atoms with Gasteiger partial charge in [-0.15, -0.1) is 0 Å². The Morgan fingerprint density at radius 3 is 2.56 bits per heavy atom. The zero-order valence-corrected chi connectivity index (χ0v) is 15.9. The van der Waals surface area contributed by atoms with Crippen molar-refractivity contribution in [1.82, 2.24) is 10.2 Å². The molecule has 0 unspecified atom stereocenters. The van der Waals surface area contributed by atoms with Crippen LogP contribution in [0.1, 0.15) is 24.0 Å². The second-order valence-corrected chi connectivity index (χ2v) is 7.82. The van der Waals surface area contributed by atoms with E-state index < -0.39 is 0 Å². The molecule has 1 amide bonds. The molecule has 4 heteroatoms. The highest BCUT2D eigenvalue weighted by Crippen LogP contribution is 2.25. The first kappa shape index (κ1) is 18.1. The Morgan fingerprint density at radius 1 is 1.04 bits per heavy atom. The van der Waals surface area contributed by atoms with Crippen LogP contribution in [0.4, 0.5) is 5.69 Å². The fourth-order valence-corrected chi connectivity index (χ4v) is 4.28. The van der Waals surface area contributed by atoms with Gasteiger partial charge in [0.25, 0.3) is 0 Å². The Labute approximate surface area is 162 Å². The Kier molecular flexibility index (Phi) is 5.73. The lowest BCUT2D eigenvalue weighted by molar-refractivity contribution is -0.121. The molecule has 2 aromatic carbocycles. The standard InChI is InChI=1S/C23H29N3O/c27-23(22-17-20-8-4-5-9-21(20)25-22)24-12-15-26-13-10-19(11-14-26)16-18-6-2-1-3-7-18/h1-9,19,22,25H,10-17H2,(H,24,27)/t22-/m1/s1. The Balaban J connectivity index is 1.14. The maximum atomic E-state index is 12.4. The molecule has 27 heavy (non-hydrogen) atoms. The van der Waals surface area contributed by atoms with Gasteiger partial charge in [0, 0.05) is 25.2 Å². The number of benzene rings is 2. The predicted octanol–water partition coefficient (Wildman–Crippen LogP) is 3.09. The van der Waals surface area contributed by atoms with Crippen LogP contribution in [0.2, 0.25) is 0 Å². The normalized spacial score (nSPS) is 20.1. The van der Waals surface area contributed by atoms with E-state index in [1.54, 1.807) is 0 Å². The molecule has 1 saturated heterocycles. The summed E-state index contributed by atoms with van der Waals surface area (Å²) in [6, 6.07) is 18.9. The van der Waals surface area contributed by atoms with Crippen LogP contribution in [-0.2, 0) is 17.6 Å². The van der Waals surface area contributed by atoms with Gasteiger partial charge in [-0.2, -0.15) is 0 Å². The summed E-state index contributed by atoms with van der Waals surface area (Å²) in [5, 5.41) is 6.44. The number of carbonyl (C=O) groups is 1. The zero-order chi connectivity index (χ0) is 18.5. The lowest BCUT2D eigenvalue weighted by Crippen LogP contribution is -2.43. The number of amides is 1. The number of para-hydroxylation sites is 1. The summed E-state index contributed by atoms with van der Waals surface area (Å²) in [6.07, 6.45) is 4.48. The van der Waals surface area contributed by atoms with Crippen LogP contribution < -0.4 is 10.6 Å². The molecule has 2 aliphatic rings. The molecule has 0 radical (unpaired) electrons. The zero-order valence-electron chi connectivity index (χ0n) is 15.9. The average molecular weight is 364 g/mol. The highest BCUT2D eigenvalue weighted by Gasteiger charge is 2.26. The van der Waals surface area contributed by atoms with Gasteiger partial charge in [0.15, 0.2) is 0 Å². The van der Waals surface area contributed by atoms with E-state index in [1.807, 2.05) is 18.2 Å². The van der Waals surface area contributed by atoms with Crippen molar-refractivity contribution in [3.8, 4) is 0 Å².